The largest absolute Gasteiger partial charge is 0.312 e. The minimum atomic E-state index is -0.423. The number of nitrogens with one attached hydrogen (secondary N) is 1. The minimum Gasteiger partial charge on any atom is -0.312 e. The molecule has 0 unspecified atom stereocenters. The summed E-state index contributed by atoms with van der Waals surface area (Å²) >= 11 is 0. The Kier molecular flexibility index (Phi) is 5.92. The van der Waals surface area contributed by atoms with E-state index in [9.17, 15) is 9.59 Å². The SMILES string of the molecule is C=NC[C@@]1(C2CC2)CCN(c2ccnc(NC(=O)Cc3cccc(-c4cccnc4)c3)c2)C1=O. The second-order valence-electron chi connectivity index (χ2n) is 9.09. The van der Waals surface area contributed by atoms with Crippen molar-refractivity contribution in [2.24, 2.45) is 16.3 Å². The zero-order valence-corrected chi connectivity index (χ0v) is 19.0. The quantitative estimate of drug-likeness (QED) is 0.519. The van der Waals surface area contributed by atoms with Gasteiger partial charge in [-0.3, -0.25) is 19.6 Å². The van der Waals surface area contributed by atoms with Crippen LogP contribution in [0.3, 0.4) is 0 Å². The molecule has 1 aliphatic carbocycles. The number of nitrogens with zero attached hydrogens (tertiary/aromatic N) is 4. The lowest BCUT2D eigenvalue weighted by molar-refractivity contribution is -0.126. The molecule has 1 aromatic carbocycles. The van der Waals surface area contributed by atoms with Crippen LogP contribution in [0.25, 0.3) is 11.1 Å². The third-order valence-electron chi connectivity index (χ3n) is 6.81. The van der Waals surface area contributed by atoms with Gasteiger partial charge in [0, 0.05) is 36.9 Å². The Balaban J connectivity index is 1.27. The van der Waals surface area contributed by atoms with Gasteiger partial charge in [0.2, 0.25) is 11.8 Å². The Bertz CT molecular complexity index is 1220. The van der Waals surface area contributed by atoms with Crippen LogP contribution in [0.1, 0.15) is 24.8 Å². The molecular formula is C27H27N5O2. The molecular weight excluding hydrogens is 426 g/mol. The van der Waals surface area contributed by atoms with Gasteiger partial charge < -0.3 is 10.2 Å². The lowest BCUT2D eigenvalue weighted by Gasteiger charge is -2.26. The number of benzene rings is 1. The molecule has 1 saturated carbocycles. The number of carbonyl (C=O) groups is 2. The van der Waals surface area contributed by atoms with Crippen molar-refractivity contribution >= 4 is 30.0 Å². The molecule has 3 aromatic rings. The topological polar surface area (TPSA) is 87.6 Å². The fourth-order valence-electron chi connectivity index (χ4n) is 4.95. The predicted molar refractivity (Wildman–Crippen MR) is 133 cm³/mol. The van der Waals surface area contributed by atoms with E-state index in [1.54, 1.807) is 29.6 Å². The molecule has 34 heavy (non-hydrogen) atoms. The lowest BCUT2D eigenvalue weighted by atomic mass is 9.81. The van der Waals surface area contributed by atoms with Gasteiger partial charge in [-0.25, -0.2) is 4.98 Å². The maximum atomic E-state index is 13.3. The molecule has 7 heteroatoms. The van der Waals surface area contributed by atoms with E-state index < -0.39 is 5.41 Å². The highest BCUT2D eigenvalue weighted by Gasteiger charge is 2.55. The number of rotatable bonds is 8. The van der Waals surface area contributed by atoms with Gasteiger partial charge in [-0.1, -0.05) is 30.3 Å². The van der Waals surface area contributed by atoms with Crippen molar-refractivity contribution in [2.75, 3.05) is 23.3 Å². The fraction of sp³-hybridized carbons (Fsp3) is 0.296. The van der Waals surface area contributed by atoms with Gasteiger partial charge in [0.15, 0.2) is 0 Å². The van der Waals surface area contributed by atoms with Crippen molar-refractivity contribution in [3.05, 3.63) is 72.7 Å². The highest BCUT2D eigenvalue weighted by atomic mass is 16.2. The van der Waals surface area contributed by atoms with Gasteiger partial charge in [-0.2, -0.15) is 0 Å². The summed E-state index contributed by atoms with van der Waals surface area (Å²) in [6.45, 7) is 4.75. The first-order chi connectivity index (χ1) is 16.6. The predicted octanol–water partition coefficient (Wildman–Crippen LogP) is 4.16. The van der Waals surface area contributed by atoms with Gasteiger partial charge in [-0.15, -0.1) is 0 Å². The van der Waals surface area contributed by atoms with E-state index in [4.69, 9.17) is 0 Å². The average molecular weight is 454 g/mol. The van der Waals surface area contributed by atoms with Gasteiger partial charge in [0.1, 0.15) is 5.82 Å². The number of aliphatic imine (C=N–C) groups is 1. The Labute approximate surface area is 199 Å². The van der Waals surface area contributed by atoms with Crippen molar-refractivity contribution in [1.82, 2.24) is 9.97 Å². The number of aromatic nitrogens is 2. The molecule has 0 bridgehead atoms. The Morgan fingerprint density at radius 2 is 2.00 bits per heavy atom. The first-order valence-electron chi connectivity index (χ1n) is 11.6. The van der Waals surface area contributed by atoms with Crippen LogP contribution in [-0.4, -0.2) is 41.6 Å². The zero-order chi connectivity index (χ0) is 23.5. The molecule has 2 aliphatic rings. The maximum absolute atomic E-state index is 13.3. The molecule has 172 valence electrons. The van der Waals surface area contributed by atoms with Crippen LogP contribution < -0.4 is 10.2 Å². The summed E-state index contributed by atoms with van der Waals surface area (Å²) in [5.41, 5.74) is 3.24. The van der Waals surface area contributed by atoms with E-state index in [-0.39, 0.29) is 18.2 Å². The highest BCUT2D eigenvalue weighted by Crippen LogP contribution is 2.52. The van der Waals surface area contributed by atoms with Crippen LogP contribution in [0.5, 0.6) is 0 Å². The third-order valence-corrected chi connectivity index (χ3v) is 6.81. The summed E-state index contributed by atoms with van der Waals surface area (Å²) in [7, 11) is 0. The lowest BCUT2D eigenvalue weighted by Crippen LogP contribution is -2.38. The molecule has 1 N–H and O–H groups in total. The normalized spacial score (nSPS) is 19.8. The second kappa shape index (κ2) is 9.17. The summed E-state index contributed by atoms with van der Waals surface area (Å²) in [5, 5.41) is 2.88. The van der Waals surface area contributed by atoms with Crippen molar-refractivity contribution < 1.29 is 9.59 Å². The molecule has 2 aromatic heterocycles. The molecule has 3 heterocycles. The van der Waals surface area contributed by atoms with Crippen LogP contribution in [0.2, 0.25) is 0 Å². The highest BCUT2D eigenvalue weighted by molar-refractivity contribution is 6.01. The smallest absolute Gasteiger partial charge is 0.235 e. The van der Waals surface area contributed by atoms with Crippen molar-refractivity contribution in [3.63, 3.8) is 0 Å². The van der Waals surface area contributed by atoms with Gasteiger partial charge in [0.05, 0.1) is 18.4 Å². The summed E-state index contributed by atoms with van der Waals surface area (Å²) in [4.78, 5) is 40.4. The number of amides is 2. The van der Waals surface area contributed by atoms with E-state index in [0.717, 1.165) is 41.6 Å². The van der Waals surface area contributed by atoms with E-state index in [1.165, 1.54) is 0 Å². The maximum Gasteiger partial charge on any atom is 0.235 e. The Morgan fingerprint density at radius 3 is 2.76 bits per heavy atom. The molecule has 2 amide bonds. The Morgan fingerprint density at radius 1 is 1.15 bits per heavy atom. The molecule has 0 radical (unpaired) electrons. The van der Waals surface area contributed by atoms with Crippen molar-refractivity contribution in [2.45, 2.75) is 25.7 Å². The molecule has 5 rings (SSSR count). The molecule has 1 saturated heterocycles. The van der Waals surface area contributed by atoms with Crippen LogP contribution in [-0.2, 0) is 16.0 Å². The number of pyridine rings is 2. The van der Waals surface area contributed by atoms with E-state index in [1.807, 2.05) is 42.5 Å². The van der Waals surface area contributed by atoms with Crippen molar-refractivity contribution in [1.29, 1.82) is 0 Å². The van der Waals surface area contributed by atoms with E-state index >= 15 is 0 Å². The molecule has 0 spiro atoms. The molecule has 2 fully saturated rings. The summed E-state index contributed by atoms with van der Waals surface area (Å²) in [6.07, 6.45) is 8.33. The standard InChI is InChI=1S/C27H27N5O2/c1-28-18-27(22-7-8-22)10-13-32(26(27)34)23-9-12-30-24(16-23)31-25(33)15-19-4-2-5-20(14-19)21-6-3-11-29-17-21/h2-6,9,11-12,14,16-17,22H,1,7-8,10,13,15,18H2,(H,30,31,33)/t27-/m1/s1. The number of hydrogen-bond donors (Lipinski definition) is 1. The second-order valence-corrected chi connectivity index (χ2v) is 9.09. The van der Waals surface area contributed by atoms with Crippen LogP contribution in [0.4, 0.5) is 11.5 Å². The first kappa shape index (κ1) is 21.9. The van der Waals surface area contributed by atoms with Crippen LogP contribution in [0.15, 0.2) is 72.1 Å². The zero-order valence-electron chi connectivity index (χ0n) is 19.0. The number of anilines is 2. The van der Waals surface area contributed by atoms with Gasteiger partial charge in [0.25, 0.3) is 0 Å². The van der Waals surface area contributed by atoms with Gasteiger partial charge in [-0.05, 0) is 60.7 Å². The Hall–Kier alpha value is -3.87. The minimum absolute atomic E-state index is 0.109. The van der Waals surface area contributed by atoms with Gasteiger partial charge >= 0.3 is 0 Å². The van der Waals surface area contributed by atoms with Crippen LogP contribution in [0, 0.1) is 11.3 Å². The van der Waals surface area contributed by atoms with E-state index in [2.05, 4.69) is 27.0 Å². The van der Waals surface area contributed by atoms with E-state index in [0.29, 0.717) is 24.8 Å². The number of hydrogen-bond acceptors (Lipinski definition) is 5. The first-order valence-corrected chi connectivity index (χ1v) is 11.6. The van der Waals surface area contributed by atoms with Crippen molar-refractivity contribution in [3.8, 4) is 11.1 Å². The summed E-state index contributed by atoms with van der Waals surface area (Å²) < 4.78 is 0. The number of carbonyl (C=O) groups excluding carboxylic acids is 2. The molecule has 7 nitrogen and oxygen atoms in total. The fourth-order valence-corrected chi connectivity index (χ4v) is 4.95. The molecule has 1 atom stereocenters. The third kappa shape index (κ3) is 4.33. The molecule has 1 aliphatic heterocycles. The summed E-state index contributed by atoms with van der Waals surface area (Å²) in [5.74, 6) is 0.783. The average Bonchev–Trinajstić information content (AvgIpc) is 3.65. The summed E-state index contributed by atoms with van der Waals surface area (Å²) in [6, 6.07) is 15.3. The van der Waals surface area contributed by atoms with Crippen LogP contribution >= 0.6 is 0 Å². The monoisotopic (exact) mass is 453 g/mol.